The number of carboxylic acid groups (broad SMARTS) is 1. The molecular formula is C14H13F6NO3. The Morgan fingerprint density at radius 1 is 1.04 bits per heavy atom. The van der Waals surface area contributed by atoms with E-state index < -0.39 is 46.8 Å². The number of carbonyl (C=O) groups excluding carboxylic acids is 1. The van der Waals surface area contributed by atoms with Crippen molar-refractivity contribution in [3.05, 3.63) is 34.9 Å². The lowest BCUT2D eigenvalue weighted by Crippen LogP contribution is -2.34. The summed E-state index contributed by atoms with van der Waals surface area (Å²) in [5.74, 6) is -3.43. The Hall–Kier alpha value is -2.26. The maximum atomic E-state index is 12.7. The summed E-state index contributed by atoms with van der Waals surface area (Å²) in [6.07, 6.45) is -10.1. The lowest BCUT2D eigenvalue weighted by atomic mass is 10.0. The van der Waals surface area contributed by atoms with Crippen molar-refractivity contribution in [2.75, 3.05) is 13.6 Å². The van der Waals surface area contributed by atoms with Crippen LogP contribution in [0.3, 0.4) is 0 Å². The van der Waals surface area contributed by atoms with Crippen LogP contribution in [0.5, 0.6) is 0 Å². The molecule has 0 heterocycles. The van der Waals surface area contributed by atoms with Gasteiger partial charge in [0.2, 0.25) is 0 Å². The third kappa shape index (κ3) is 4.87. The molecule has 134 valence electrons. The van der Waals surface area contributed by atoms with Gasteiger partial charge in [0.15, 0.2) is 0 Å². The Morgan fingerprint density at radius 3 is 1.79 bits per heavy atom. The molecule has 4 nitrogen and oxygen atoms in total. The highest BCUT2D eigenvalue weighted by atomic mass is 19.4. The van der Waals surface area contributed by atoms with Crippen molar-refractivity contribution < 1.29 is 41.0 Å². The molecule has 1 amide bonds. The molecule has 0 radical (unpaired) electrons. The number of carbonyl (C=O) groups is 2. The Balaban J connectivity index is 3.27. The molecule has 1 unspecified atom stereocenters. The minimum atomic E-state index is -5.07. The maximum absolute atomic E-state index is 12.7. The van der Waals surface area contributed by atoms with Gasteiger partial charge in [-0.05, 0) is 18.2 Å². The zero-order chi connectivity index (χ0) is 18.9. The summed E-state index contributed by atoms with van der Waals surface area (Å²) in [4.78, 5) is 23.5. The van der Waals surface area contributed by atoms with Gasteiger partial charge < -0.3 is 10.0 Å². The standard InChI is InChI=1S/C14H13F6NO3/c1-7(12(23)24)6-21(2)11(22)8-3-9(13(15,16)17)5-10(4-8)14(18,19)20/h3-5,7H,6H2,1-2H3,(H,23,24). The minimum absolute atomic E-state index is 0.0867. The van der Waals surface area contributed by atoms with Crippen LogP contribution in [-0.2, 0) is 17.1 Å². The predicted molar refractivity (Wildman–Crippen MR) is 70.2 cm³/mol. The van der Waals surface area contributed by atoms with E-state index >= 15 is 0 Å². The van der Waals surface area contributed by atoms with Crippen LogP contribution in [0.25, 0.3) is 0 Å². The first-order valence-corrected chi connectivity index (χ1v) is 6.51. The van der Waals surface area contributed by atoms with Gasteiger partial charge in [0.25, 0.3) is 5.91 Å². The van der Waals surface area contributed by atoms with E-state index in [1.54, 1.807) is 0 Å². The number of rotatable bonds is 4. The van der Waals surface area contributed by atoms with E-state index in [9.17, 15) is 35.9 Å². The predicted octanol–water partition coefficient (Wildman–Crippen LogP) is 3.52. The van der Waals surface area contributed by atoms with Crippen LogP contribution >= 0.6 is 0 Å². The van der Waals surface area contributed by atoms with Gasteiger partial charge in [-0.25, -0.2) is 0 Å². The molecule has 0 saturated carbocycles. The molecule has 1 N–H and O–H groups in total. The first kappa shape index (κ1) is 19.8. The molecule has 0 aliphatic rings. The van der Waals surface area contributed by atoms with Crippen LogP contribution in [0.15, 0.2) is 18.2 Å². The lowest BCUT2D eigenvalue weighted by molar-refractivity contribution is -0.143. The number of carboxylic acids is 1. The third-order valence-corrected chi connectivity index (χ3v) is 3.15. The average Bonchev–Trinajstić information content (AvgIpc) is 2.43. The van der Waals surface area contributed by atoms with Crippen molar-refractivity contribution in [2.45, 2.75) is 19.3 Å². The topological polar surface area (TPSA) is 57.6 Å². The van der Waals surface area contributed by atoms with Crippen molar-refractivity contribution in [3.8, 4) is 0 Å². The molecule has 1 rings (SSSR count). The quantitative estimate of drug-likeness (QED) is 0.839. The first-order chi connectivity index (χ1) is 10.7. The molecule has 0 saturated heterocycles. The normalized spacial score (nSPS) is 13.5. The van der Waals surface area contributed by atoms with Gasteiger partial charge in [-0.1, -0.05) is 6.92 Å². The second-order valence-corrected chi connectivity index (χ2v) is 5.22. The van der Waals surface area contributed by atoms with Crippen LogP contribution < -0.4 is 0 Å². The molecule has 0 bridgehead atoms. The molecule has 1 atom stereocenters. The highest BCUT2D eigenvalue weighted by Gasteiger charge is 2.37. The second kappa shape index (κ2) is 6.70. The lowest BCUT2D eigenvalue weighted by Gasteiger charge is -2.21. The number of nitrogens with zero attached hydrogens (tertiary/aromatic N) is 1. The van der Waals surface area contributed by atoms with E-state index in [2.05, 4.69) is 0 Å². The summed E-state index contributed by atoms with van der Waals surface area (Å²) in [6.45, 7) is 0.880. The monoisotopic (exact) mass is 357 g/mol. The summed E-state index contributed by atoms with van der Waals surface area (Å²) in [5, 5.41) is 8.75. The minimum Gasteiger partial charge on any atom is -0.481 e. The van der Waals surface area contributed by atoms with Crippen molar-refractivity contribution in [2.24, 2.45) is 5.92 Å². The van der Waals surface area contributed by atoms with Crippen LogP contribution in [0.4, 0.5) is 26.3 Å². The van der Waals surface area contributed by atoms with E-state index in [0.29, 0.717) is 12.1 Å². The van der Waals surface area contributed by atoms with Gasteiger partial charge in [0.1, 0.15) is 0 Å². The van der Waals surface area contributed by atoms with Gasteiger partial charge in [-0.2, -0.15) is 26.3 Å². The highest BCUT2D eigenvalue weighted by Crippen LogP contribution is 2.36. The Labute approximate surface area is 132 Å². The molecule has 10 heteroatoms. The van der Waals surface area contributed by atoms with Crippen molar-refractivity contribution in [1.82, 2.24) is 4.90 Å². The van der Waals surface area contributed by atoms with Crippen LogP contribution in [0, 0.1) is 5.92 Å². The zero-order valence-corrected chi connectivity index (χ0v) is 12.5. The Bertz CT molecular complexity index is 606. The highest BCUT2D eigenvalue weighted by molar-refractivity contribution is 5.94. The zero-order valence-electron chi connectivity index (χ0n) is 12.5. The summed E-state index contributed by atoms with van der Waals surface area (Å²) < 4.78 is 76.5. The molecule has 0 aliphatic carbocycles. The van der Waals surface area contributed by atoms with Crippen molar-refractivity contribution >= 4 is 11.9 Å². The Morgan fingerprint density at radius 2 is 1.46 bits per heavy atom. The number of hydrogen-bond donors (Lipinski definition) is 1. The third-order valence-electron chi connectivity index (χ3n) is 3.15. The number of benzene rings is 1. The number of halogens is 6. The molecule has 0 spiro atoms. The molecule has 0 aromatic heterocycles. The van der Waals surface area contributed by atoms with Crippen molar-refractivity contribution in [3.63, 3.8) is 0 Å². The fourth-order valence-electron chi connectivity index (χ4n) is 1.87. The fraction of sp³-hybridized carbons (Fsp3) is 0.429. The number of aliphatic carboxylic acids is 1. The van der Waals surface area contributed by atoms with Gasteiger partial charge >= 0.3 is 18.3 Å². The van der Waals surface area contributed by atoms with Crippen LogP contribution in [0.1, 0.15) is 28.4 Å². The average molecular weight is 357 g/mol. The maximum Gasteiger partial charge on any atom is 0.416 e. The van der Waals surface area contributed by atoms with E-state index in [1.165, 1.54) is 6.92 Å². The summed E-state index contributed by atoms with van der Waals surface area (Å²) in [7, 11) is 1.09. The number of alkyl halides is 6. The smallest absolute Gasteiger partial charge is 0.416 e. The van der Waals surface area contributed by atoms with Crippen LogP contribution in [0.2, 0.25) is 0 Å². The van der Waals surface area contributed by atoms with E-state index in [-0.39, 0.29) is 12.6 Å². The fourth-order valence-corrected chi connectivity index (χ4v) is 1.87. The second-order valence-electron chi connectivity index (χ2n) is 5.22. The summed E-state index contributed by atoms with van der Waals surface area (Å²) in [6, 6.07) is 0.523. The van der Waals surface area contributed by atoms with E-state index in [4.69, 9.17) is 5.11 Å². The van der Waals surface area contributed by atoms with E-state index in [1.807, 2.05) is 0 Å². The molecule has 24 heavy (non-hydrogen) atoms. The van der Waals surface area contributed by atoms with Gasteiger partial charge in [-0.15, -0.1) is 0 Å². The summed E-state index contributed by atoms with van der Waals surface area (Å²) >= 11 is 0. The number of hydrogen-bond acceptors (Lipinski definition) is 2. The SMILES string of the molecule is CC(CN(C)C(=O)c1cc(C(F)(F)F)cc(C(F)(F)F)c1)C(=O)O. The number of amides is 1. The van der Waals surface area contributed by atoms with Gasteiger partial charge in [-0.3, -0.25) is 9.59 Å². The molecule has 0 fully saturated rings. The molecular weight excluding hydrogens is 344 g/mol. The van der Waals surface area contributed by atoms with E-state index in [0.717, 1.165) is 11.9 Å². The van der Waals surface area contributed by atoms with Crippen LogP contribution in [-0.4, -0.2) is 35.5 Å². The molecule has 1 aromatic carbocycles. The molecule has 0 aliphatic heterocycles. The first-order valence-electron chi connectivity index (χ1n) is 6.51. The van der Waals surface area contributed by atoms with Gasteiger partial charge in [0.05, 0.1) is 17.0 Å². The molecule has 1 aromatic rings. The van der Waals surface area contributed by atoms with Gasteiger partial charge in [0, 0.05) is 19.2 Å². The van der Waals surface area contributed by atoms with Crippen molar-refractivity contribution in [1.29, 1.82) is 0 Å². The Kier molecular flexibility index (Phi) is 5.52. The largest absolute Gasteiger partial charge is 0.481 e. The summed E-state index contributed by atoms with van der Waals surface area (Å²) in [5.41, 5.74) is -4.04.